The molecule has 1 aromatic rings. The number of benzene rings is 1. The van der Waals surface area contributed by atoms with Crippen molar-refractivity contribution in [3.63, 3.8) is 0 Å². The molecular formula is C15H21NO4. The van der Waals surface area contributed by atoms with E-state index in [0.717, 1.165) is 36.4 Å². The highest BCUT2D eigenvalue weighted by Crippen LogP contribution is 2.34. The second-order valence-electron chi connectivity index (χ2n) is 4.73. The second-order valence-corrected chi connectivity index (χ2v) is 4.73. The van der Waals surface area contributed by atoms with Gasteiger partial charge < -0.3 is 19.5 Å². The predicted octanol–water partition coefficient (Wildman–Crippen LogP) is 2.06. The first-order valence-electron chi connectivity index (χ1n) is 6.85. The monoisotopic (exact) mass is 279 g/mol. The lowest BCUT2D eigenvalue weighted by Crippen LogP contribution is -2.28. The maximum absolute atomic E-state index is 11.1. The Morgan fingerprint density at radius 2 is 2.30 bits per heavy atom. The van der Waals surface area contributed by atoms with Crippen LogP contribution in [0.2, 0.25) is 0 Å². The average molecular weight is 279 g/mol. The smallest absolute Gasteiger partial charge is 0.305 e. The van der Waals surface area contributed by atoms with Crippen LogP contribution >= 0.6 is 0 Å². The van der Waals surface area contributed by atoms with E-state index < -0.39 is 0 Å². The minimum atomic E-state index is -0.166. The summed E-state index contributed by atoms with van der Waals surface area (Å²) < 4.78 is 15.5. The van der Waals surface area contributed by atoms with E-state index in [9.17, 15) is 4.79 Å². The molecule has 1 heterocycles. The molecule has 0 aliphatic carbocycles. The average Bonchev–Trinajstić information content (AvgIpc) is 2.50. The van der Waals surface area contributed by atoms with Gasteiger partial charge in [0.15, 0.2) is 0 Å². The van der Waals surface area contributed by atoms with Gasteiger partial charge in [0.1, 0.15) is 11.5 Å². The van der Waals surface area contributed by atoms with Crippen LogP contribution in [0.25, 0.3) is 0 Å². The maximum atomic E-state index is 11.1. The molecule has 0 bridgehead atoms. The number of hydrogen-bond donors (Lipinski definition) is 1. The summed E-state index contributed by atoms with van der Waals surface area (Å²) in [4.78, 5) is 11.1. The fourth-order valence-corrected chi connectivity index (χ4v) is 2.32. The Morgan fingerprint density at radius 3 is 3.05 bits per heavy atom. The molecule has 5 heteroatoms. The molecule has 0 saturated heterocycles. The van der Waals surface area contributed by atoms with Gasteiger partial charge in [-0.05, 0) is 31.2 Å². The van der Waals surface area contributed by atoms with Gasteiger partial charge in [0.2, 0.25) is 0 Å². The highest BCUT2D eigenvalue weighted by molar-refractivity contribution is 5.69. The number of methoxy groups -OCH3 is 2. The Balaban J connectivity index is 1.92. The molecule has 0 spiro atoms. The van der Waals surface area contributed by atoms with Gasteiger partial charge in [0, 0.05) is 24.4 Å². The molecule has 0 aromatic heterocycles. The fourth-order valence-electron chi connectivity index (χ4n) is 2.32. The summed E-state index contributed by atoms with van der Waals surface area (Å²) in [5.41, 5.74) is 1.12. The predicted molar refractivity (Wildman–Crippen MR) is 75.1 cm³/mol. The normalized spacial score (nSPS) is 17.0. The lowest BCUT2D eigenvalue weighted by atomic mass is 10.00. The van der Waals surface area contributed by atoms with E-state index in [1.165, 1.54) is 7.11 Å². The van der Waals surface area contributed by atoms with E-state index in [2.05, 4.69) is 10.1 Å². The lowest BCUT2D eigenvalue weighted by Gasteiger charge is -2.27. The number of carbonyl (C=O) groups is 1. The van der Waals surface area contributed by atoms with Crippen LogP contribution in [0.15, 0.2) is 18.2 Å². The Morgan fingerprint density at radius 1 is 1.45 bits per heavy atom. The van der Waals surface area contributed by atoms with Crippen LogP contribution in [0.1, 0.15) is 30.9 Å². The molecule has 1 aliphatic heterocycles. The van der Waals surface area contributed by atoms with Crippen LogP contribution in [0.5, 0.6) is 11.5 Å². The van der Waals surface area contributed by atoms with Crippen molar-refractivity contribution in [1.29, 1.82) is 0 Å². The van der Waals surface area contributed by atoms with Crippen molar-refractivity contribution < 1.29 is 19.0 Å². The first-order valence-corrected chi connectivity index (χ1v) is 6.85. The first-order chi connectivity index (χ1) is 9.74. The lowest BCUT2D eigenvalue weighted by molar-refractivity contribution is -0.140. The summed E-state index contributed by atoms with van der Waals surface area (Å²) in [5.74, 6) is 1.57. The zero-order chi connectivity index (χ0) is 14.4. The van der Waals surface area contributed by atoms with Gasteiger partial charge in [-0.1, -0.05) is 0 Å². The minimum absolute atomic E-state index is 0.166. The number of hydrogen-bond acceptors (Lipinski definition) is 5. The topological polar surface area (TPSA) is 56.8 Å². The van der Waals surface area contributed by atoms with Gasteiger partial charge in [-0.2, -0.15) is 0 Å². The highest BCUT2D eigenvalue weighted by Gasteiger charge is 2.21. The molecule has 110 valence electrons. The van der Waals surface area contributed by atoms with E-state index in [1.54, 1.807) is 7.11 Å². The van der Waals surface area contributed by atoms with Gasteiger partial charge >= 0.3 is 5.97 Å². The third-order valence-corrected chi connectivity index (χ3v) is 3.43. The molecule has 2 rings (SSSR count). The zero-order valence-corrected chi connectivity index (χ0v) is 12.0. The van der Waals surface area contributed by atoms with Gasteiger partial charge in [-0.25, -0.2) is 0 Å². The van der Waals surface area contributed by atoms with E-state index >= 15 is 0 Å². The highest BCUT2D eigenvalue weighted by atomic mass is 16.5. The number of ether oxygens (including phenoxy) is 3. The molecule has 0 fully saturated rings. The first kappa shape index (κ1) is 14.7. The van der Waals surface area contributed by atoms with Crippen molar-refractivity contribution in [3.05, 3.63) is 23.8 Å². The quantitative estimate of drug-likeness (QED) is 0.638. The molecule has 1 atom stereocenters. The molecular weight excluding hydrogens is 258 g/mol. The summed E-state index contributed by atoms with van der Waals surface area (Å²) in [6, 6.07) is 6.09. The molecule has 0 radical (unpaired) electrons. The molecule has 20 heavy (non-hydrogen) atoms. The number of fused-ring (bicyclic) bond motifs is 1. The van der Waals surface area contributed by atoms with Crippen molar-refractivity contribution >= 4 is 5.97 Å². The Kier molecular flexibility index (Phi) is 5.24. The van der Waals surface area contributed by atoms with Crippen molar-refractivity contribution in [2.45, 2.75) is 25.3 Å². The molecule has 5 nitrogen and oxygen atoms in total. The van der Waals surface area contributed by atoms with E-state index in [4.69, 9.17) is 9.47 Å². The number of esters is 1. The minimum Gasteiger partial charge on any atom is -0.497 e. The fraction of sp³-hybridized carbons (Fsp3) is 0.533. The van der Waals surface area contributed by atoms with Crippen molar-refractivity contribution in [2.24, 2.45) is 0 Å². The summed E-state index contributed by atoms with van der Waals surface area (Å²) in [6.07, 6.45) is 2.12. The van der Waals surface area contributed by atoms with Crippen LogP contribution in [-0.2, 0) is 9.53 Å². The van der Waals surface area contributed by atoms with Gasteiger partial charge in [-0.15, -0.1) is 0 Å². The third-order valence-electron chi connectivity index (χ3n) is 3.43. The maximum Gasteiger partial charge on any atom is 0.305 e. The van der Waals surface area contributed by atoms with Crippen LogP contribution in [-0.4, -0.2) is 33.3 Å². The second kappa shape index (κ2) is 7.14. The molecule has 1 aliphatic rings. The molecule has 0 saturated carbocycles. The molecule has 1 N–H and O–H groups in total. The Bertz CT molecular complexity index is 461. The Labute approximate surface area is 119 Å². The standard InChI is InChI=1S/C15H21NO4/c1-18-11-5-6-14-12(10-11)13(7-9-20-14)16-8-3-4-15(17)19-2/h5-6,10,13,16H,3-4,7-9H2,1-2H3. The number of nitrogens with one attached hydrogen (secondary N) is 1. The summed E-state index contributed by atoms with van der Waals surface area (Å²) >= 11 is 0. The summed E-state index contributed by atoms with van der Waals surface area (Å²) in [7, 11) is 3.07. The van der Waals surface area contributed by atoms with E-state index in [0.29, 0.717) is 13.0 Å². The van der Waals surface area contributed by atoms with E-state index in [1.807, 2.05) is 18.2 Å². The number of rotatable bonds is 6. The molecule has 1 aromatic carbocycles. The van der Waals surface area contributed by atoms with Crippen LogP contribution < -0.4 is 14.8 Å². The molecule has 1 unspecified atom stereocenters. The summed E-state index contributed by atoms with van der Waals surface area (Å²) in [6.45, 7) is 1.48. The van der Waals surface area contributed by atoms with Gasteiger partial charge in [0.05, 0.1) is 20.8 Å². The van der Waals surface area contributed by atoms with Crippen LogP contribution in [0, 0.1) is 0 Å². The van der Waals surface area contributed by atoms with Crippen molar-refractivity contribution in [3.8, 4) is 11.5 Å². The van der Waals surface area contributed by atoms with Crippen LogP contribution in [0.4, 0.5) is 0 Å². The summed E-state index contributed by atoms with van der Waals surface area (Å²) in [5, 5.41) is 3.47. The zero-order valence-electron chi connectivity index (χ0n) is 12.0. The molecule has 0 amide bonds. The van der Waals surface area contributed by atoms with Gasteiger partial charge in [-0.3, -0.25) is 4.79 Å². The largest absolute Gasteiger partial charge is 0.497 e. The van der Waals surface area contributed by atoms with Gasteiger partial charge in [0.25, 0.3) is 0 Å². The van der Waals surface area contributed by atoms with Crippen molar-refractivity contribution in [2.75, 3.05) is 27.4 Å². The number of carbonyl (C=O) groups excluding carboxylic acids is 1. The van der Waals surface area contributed by atoms with Crippen molar-refractivity contribution in [1.82, 2.24) is 5.32 Å². The SMILES string of the molecule is COC(=O)CCCNC1CCOc2ccc(OC)cc21. The van der Waals surface area contributed by atoms with E-state index in [-0.39, 0.29) is 12.0 Å². The van der Waals surface area contributed by atoms with Crippen LogP contribution in [0.3, 0.4) is 0 Å². The third kappa shape index (κ3) is 3.63. The Hall–Kier alpha value is -1.75.